The van der Waals surface area contributed by atoms with E-state index in [1.807, 2.05) is 0 Å². The molecule has 0 aromatic rings. The van der Waals surface area contributed by atoms with Crippen LogP contribution in [0, 0.1) is 0 Å². The molecule has 0 aliphatic carbocycles. The van der Waals surface area contributed by atoms with E-state index in [4.69, 9.17) is 5.11 Å². The Bertz CT molecular complexity index is 266. The van der Waals surface area contributed by atoms with Crippen molar-refractivity contribution in [1.29, 1.82) is 0 Å². The number of aliphatic hydroxyl groups excluding tert-OH is 1. The zero-order chi connectivity index (χ0) is 18.6. The van der Waals surface area contributed by atoms with Gasteiger partial charge in [-0.15, -0.1) is 0 Å². The van der Waals surface area contributed by atoms with Crippen molar-refractivity contribution in [3.8, 4) is 0 Å². The molecule has 0 saturated heterocycles. The summed E-state index contributed by atoms with van der Waals surface area (Å²) in [6, 6.07) is 0. The third-order valence-electron chi connectivity index (χ3n) is 5.58. The van der Waals surface area contributed by atoms with Gasteiger partial charge in [-0.1, -0.05) is 0 Å². The fourth-order valence-corrected chi connectivity index (χ4v) is 18.3. The van der Waals surface area contributed by atoms with Crippen molar-refractivity contribution in [3.05, 3.63) is 10.2 Å². The molecular formula is C23H48OSn. The Balaban J connectivity index is 4.20. The third-order valence-corrected chi connectivity index (χ3v) is 19.8. The Kier molecular flexibility index (Phi) is 19.6. The van der Waals surface area contributed by atoms with Gasteiger partial charge in [0, 0.05) is 0 Å². The van der Waals surface area contributed by atoms with Crippen LogP contribution in [0.3, 0.4) is 0 Å². The van der Waals surface area contributed by atoms with Crippen LogP contribution < -0.4 is 0 Å². The molecule has 150 valence electrons. The molecular weight excluding hydrogens is 411 g/mol. The van der Waals surface area contributed by atoms with Gasteiger partial charge in [0.25, 0.3) is 0 Å². The van der Waals surface area contributed by atoms with Crippen LogP contribution in [0.4, 0.5) is 0 Å². The second-order valence-electron chi connectivity index (χ2n) is 8.06. The summed E-state index contributed by atoms with van der Waals surface area (Å²) in [5.74, 6) is 0. The molecule has 25 heavy (non-hydrogen) atoms. The third kappa shape index (κ3) is 15.3. The monoisotopic (exact) mass is 460 g/mol. The summed E-state index contributed by atoms with van der Waals surface area (Å²) in [6.07, 6.45) is 21.5. The summed E-state index contributed by atoms with van der Waals surface area (Å²) in [4.78, 5) is 0. The number of hydrogen-bond donors (Lipinski definition) is 1. The average Bonchev–Trinajstić information content (AvgIpc) is 2.64. The molecule has 0 bridgehead atoms. The SMILES string of the molecule is CCC[CH2][Sn](/[CH]=C/CCCCCCCCCO)([CH2]CCC)[CH2]CCC. The summed E-state index contributed by atoms with van der Waals surface area (Å²) in [5, 5.41) is 8.79. The molecule has 0 amide bonds. The van der Waals surface area contributed by atoms with Gasteiger partial charge in [0.2, 0.25) is 0 Å². The minimum absolute atomic E-state index is 0.368. The van der Waals surface area contributed by atoms with Gasteiger partial charge in [-0.2, -0.15) is 0 Å². The molecule has 0 fully saturated rings. The molecule has 0 spiro atoms. The number of rotatable bonds is 19. The van der Waals surface area contributed by atoms with Gasteiger partial charge in [0.05, 0.1) is 0 Å². The van der Waals surface area contributed by atoms with Crippen LogP contribution >= 0.6 is 0 Å². The minimum atomic E-state index is -2.00. The summed E-state index contributed by atoms with van der Waals surface area (Å²) in [6.45, 7) is 7.45. The van der Waals surface area contributed by atoms with Crippen molar-refractivity contribution in [1.82, 2.24) is 0 Å². The van der Waals surface area contributed by atoms with Crippen molar-refractivity contribution < 1.29 is 5.11 Å². The molecule has 0 radical (unpaired) electrons. The van der Waals surface area contributed by atoms with Gasteiger partial charge in [-0.3, -0.25) is 0 Å². The fraction of sp³-hybridized carbons (Fsp3) is 0.913. The Morgan fingerprint density at radius 3 is 1.48 bits per heavy atom. The molecule has 0 unspecified atom stereocenters. The van der Waals surface area contributed by atoms with Gasteiger partial charge in [-0.05, 0) is 0 Å². The van der Waals surface area contributed by atoms with Crippen LogP contribution in [-0.2, 0) is 0 Å². The number of unbranched alkanes of at least 4 members (excludes halogenated alkanes) is 10. The second-order valence-corrected chi connectivity index (χ2v) is 21.1. The summed E-state index contributed by atoms with van der Waals surface area (Å²) < 4.78 is 7.66. The standard InChI is InChI=1S/C11H21O.3C4H9.Sn/c1-2-3-4-5-6-7-8-9-10-11-12;3*1-3-4-2;/h1-2,12H,3-11H2;3*1,3-4H2,2H3;. The Hall–Kier alpha value is 0.499. The van der Waals surface area contributed by atoms with Crippen LogP contribution in [-0.4, -0.2) is 30.1 Å². The summed E-state index contributed by atoms with van der Waals surface area (Å²) in [7, 11) is 0. The van der Waals surface area contributed by atoms with Crippen molar-refractivity contribution in [2.75, 3.05) is 6.61 Å². The Morgan fingerprint density at radius 2 is 1.04 bits per heavy atom. The Labute approximate surface area is 163 Å². The summed E-state index contributed by atoms with van der Waals surface area (Å²) in [5.41, 5.74) is 0. The molecule has 1 N–H and O–H groups in total. The number of hydrogen-bond acceptors (Lipinski definition) is 1. The van der Waals surface area contributed by atoms with Gasteiger partial charge < -0.3 is 0 Å². The van der Waals surface area contributed by atoms with Crippen molar-refractivity contribution in [3.63, 3.8) is 0 Å². The first-order valence-electron chi connectivity index (χ1n) is 11.5. The molecule has 0 aromatic carbocycles. The van der Waals surface area contributed by atoms with E-state index in [0.717, 1.165) is 6.42 Å². The molecule has 0 aliphatic heterocycles. The van der Waals surface area contributed by atoms with Crippen molar-refractivity contribution in [2.24, 2.45) is 0 Å². The van der Waals surface area contributed by atoms with E-state index < -0.39 is 18.4 Å². The molecule has 0 atom stereocenters. The van der Waals surface area contributed by atoms with Gasteiger partial charge >= 0.3 is 164 Å². The van der Waals surface area contributed by atoms with E-state index in [0.29, 0.717) is 6.61 Å². The number of allylic oxidation sites excluding steroid dienone is 1. The van der Waals surface area contributed by atoms with Crippen LogP contribution in [0.1, 0.15) is 111 Å². The molecule has 0 aliphatic rings. The van der Waals surface area contributed by atoms with Crippen molar-refractivity contribution >= 4 is 18.4 Å². The van der Waals surface area contributed by atoms with E-state index in [2.05, 4.69) is 30.9 Å². The van der Waals surface area contributed by atoms with E-state index >= 15 is 0 Å². The van der Waals surface area contributed by atoms with Crippen LogP contribution in [0.25, 0.3) is 0 Å². The zero-order valence-electron chi connectivity index (χ0n) is 17.8. The van der Waals surface area contributed by atoms with Crippen molar-refractivity contribution in [2.45, 2.75) is 124 Å². The molecule has 2 heteroatoms. The van der Waals surface area contributed by atoms with Crippen LogP contribution in [0.15, 0.2) is 10.2 Å². The predicted molar refractivity (Wildman–Crippen MR) is 118 cm³/mol. The van der Waals surface area contributed by atoms with E-state index in [1.54, 1.807) is 13.3 Å². The van der Waals surface area contributed by atoms with E-state index in [-0.39, 0.29) is 0 Å². The maximum atomic E-state index is 8.79. The quantitative estimate of drug-likeness (QED) is 0.153. The normalized spacial score (nSPS) is 12.3. The molecule has 0 aromatic heterocycles. The Morgan fingerprint density at radius 1 is 0.600 bits per heavy atom. The van der Waals surface area contributed by atoms with E-state index in [9.17, 15) is 0 Å². The van der Waals surface area contributed by atoms with Crippen LogP contribution in [0.5, 0.6) is 0 Å². The van der Waals surface area contributed by atoms with Gasteiger partial charge in [-0.25, -0.2) is 0 Å². The second kappa shape index (κ2) is 19.3. The van der Waals surface area contributed by atoms with Crippen LogP contribution in [0.2, 0.25) is 13.3 Å². The fourth-order valence-electron chi connectivity index (χ4n) is 3.80. The summed E-state index contributed by atoms with van der Waals surface area (Å²) >= 11 is -2.00. The van der Waals surface area contributed by atoms with E-state index in [1.165, 1.54) is 83.5 Å². The predicted octanol–water partition coefficient (Wildman–Crippen LogP) is 8.04. The first kappa shape index (κ1) is 25.5. The first-order valence-corrected chi connectivity index (χ1v) is 19.2. The first-order chi connectivity index (χ1) is 12.2. The van der Waals surface area contributed by atoms with Gasteiger partial charge in [0.15, 0.2) is 0 Å². The maximum absolute atomic E-state index is 8.79. The molecule has 0 rings (SSSR count). The zero-order valence-corrected chi connectivity index (χ0v) is 20.7. The number of aliphatic hydroxyl groups is 1. The average molecular weight is 459 g/mol. The topological polar surface area (TPSA) is 20.2 Å². The molecule has 0 saturated carbocycles. The molecule has 0 heterocycles. The molecule has 1 nitrogen and oxygen atoms in total. The van der Waals surface area contributed by atoms with Gasteiger partial charge in [0.1, 0.15) is 0 Å².